The Morgan fingerprint density at radius 3 is 2.71 bits per heavy atom. The fraction of sp³-hybridized carbons (Fsp3) is 0.400. The van der Waals surface area contributed by atoms with E-state index in [9.17, 15) is 4.79 Å². The third-order valence-corrected chi connectivity index (χ3v) is 4.01. The van der Waals surface area contributed by atoms with Gasteiger partial charge >= 0.3 is 0 Å². The number of rotatable bonds is 6. The van der Waals surface area contributed by atoms with Gasteiger partial charge in [-0.1, -0.05) is 43.4 Å². The Hall–Kier alpha value is -1.95. The molecule has 2 aromatic rings. The number of aromatic nitrogens is 2. The highest BCUT2D eigenvalue weighted by molar-refractivity contribution is 7.15. The molecular weight excluding hydrogens is 286 g/mol. The molecule has 0 aliphatic rings. The number of anilines is 1. The average Bonchev–Trinajstić information content (AvgIpc) is 2.94. The lowest BCUT2D eigenvalue weighted by atomic mass is 10.2. The molecule has 0 bridgehead atoms. The molecule has 5 nitrogen and oxygen atoms in total. The zero-order valence-electron chi connectivity index (χ0n) is 12.4. The topological polar surface area (TPSA) is 64.1 Å². The number of benzene rings is 1. The number of nitrogens with zero attached hydrogens (tertiary/aromatic N) is 2. The van der Waals surface area contributed by atoms with Crippen molar-refractivity contribution in [2.75, 3.05) is 5.32 Å². The summed E-state index contributed by atoms with van der Waals surface area (Å²) in [5, 5.41) is 12.1. The summed E-state index contributed by atoms with van der Waals surface area (Å²) < 4.78 is 5.81. The van der Waals surface area contributed by atoms with Crippen LogP contribution in [0.1, 0.15) is 30.8 Å². The second-order valence-corrected chi connectivity index (χ2v) is 5.69. The summed E-state index contributed by atoms with van der Waals surface area (Å²) in [4.78, 5) is 12.3. The molecule has 1 heterocycles. The molecule has 0 fully saturated rings. The van der Waals surface area contributed by atoms with E-state index in [0.29, 0.717) is 11.6 Å². The van der Waals surface area contributed by atoms with Gasteiger partial charge in [0.25, 0.3) is 5.91 Å². The molecule has 2 rings (SSSR count). The van der Waals surface area contributed by atoms with Crippen LogP contribution in [0.5, 0.6) is 5.75 Å². The van der Waals surface area contributed by atoms with Crippen LogP contribution < -0.4 is 10.1 Å². The quantitative estimate of drug-likeness (QED) is 0.890. The van der Waals surface area contributed by atoms with E-state index < -0.39 is 6.10 Å². The zero-order valence-corrected chi connectivity index (χ0v) is 13.2. The van der Waals surface area contributed by atoms with Gasteiger partial charge in [-0.3, -0.25) is 10.1 Å². The predicted molar refractivity (Wildman–Crippen MR) is 83.8 cm³/mol. The molecule has 0 aliphatic heterocycles. The van der Waals surface area contributed by atoms with Crippen molar-refractivity contribution in [3.05, 3.63) is 34.8 Å². The molecule has 1 aromatic carbocycles. The molecule has 0 spiro atoms. The maximum Gasteiger partial charge on any atom is 0.267 e. The van der Waals surface area contributed by atoms with Crippen LogP contribution in [-0.4, -0.2) is 22.2 Å². The van der Waals surface area contributed by atoms with Crippen LogP contribution in [-0.2, 0) is 11.2 Å². The van der Waals surface area contributed by atoms with Gasteiger partial charge in [-0.05, 0) is 31.4 Å². The van der Waals surface area contributed by atoms with Crippen LogP contribution in [0.2, 0.25) is 0 Å². The number of hydrogen-bond acceptors (Lipinski definition) is 5. The normalized spacial score (nSPS) is 12.0. The lowest BCUT2D eigenvalue weighted by Gasteiger charge is -2.17. The van der Waals surface area contributed by atoms with Gasteiger partial charge in [0.1, 0.15) is 10.8 Å². The SMILES string of the molecule is CCc1nnc(NC(=O)C(CC)Oc2ccccc2C)s1. The Labute approximate surface area is 128 Å². The highest BCUT2D eigenvalue weighted by atomic mass is 32.1. The first-order valence-electron chi connectivity index (χ1n) is 6.99. The molecule has 1 N–H and O–H groups in total. The van der Waals surface area contributed by atoms with Crippen LogP contribution in [0.15, 0.2) is 24.3 Å². The van der Waals surface area contributed by atoms with E-state index in [1.165, 1.54) is 11.3 Å². The summed E-state index contributed by atoms with van der Waals surface area (Å²) in [6.45, 7) is 5.88. The number of aryl methyl sites for hydroxylation is 2. The maximum absolute atomic E-state index is 12.3. The lowest BCUT2D eigenvalue weighted by Crippen LogP contribution is -2.32. The van der Waals surface area contributed by atoms with Crippen LogP contribution >= 0.6 is 11.3 Å². The minimum absolute atomic E-state index is 0.195. The monoisotopic (exact) mass is 305 g/mol. The first kappa shape index (κ1) is 15.4. The molecule has 1 unspecified atom stereocenters. The second-order valence-electron chi connectivity index (χ2n) is 4.62. The van der Waals surface area contributed by atoms with Gasteiger partial charge in [0.15, 0.2) is 6.10 Å². The summed E-state index contributed by atoms with van der Waals surface area (Å²) in [7, 11) is 0. The molecule has 0 saturated carbocycles. The number of hydrogen-bond donors (Lipinski definition) is 1. The van der Waals surface area contributed by atoms with E-state index >= 15 is 0 Å². The standard InChI is InChI=1S/C15H19N3O2S/c1-4-11(20-12-9-7-6-8-10(12)3)14(19)16-15-18-17-13(5-2)21-15/h6-9,11H,4-5H2,1-3H3,(H,16,18,19). The Morgan fingerprint density at radius 1 is 1.33 bits per heavy atom. The van der Waals surface area contributed by atoms with Gasteiger partial charge in [-0.2, -0.15) is 0 Å². The van der Waals surface area contributed by atoms with E-state index in [1.807, 2.05) is 45.0 Å². The lowest BCUT2D eigenvalue weighted by molar-refractivity contribution is -0.122. The second kappa shape index (κ2) is 7.17. The first-order valence-corrected chi connectivity index (χ1v) is 7.81. The third-order valence-electron chi connectivity index (χ3n) is 3.03. The average molecular weight is 305 g/mol. The first-order chi connectivity index (χ1) is 10.1. The van der Waals surface area contributed by atoms with Gasteiger partial charge in [0, 0.05) is 0 Å². The van der Waals surface area contributed by atoms with Gasteiger partial charge in [0.05, 0.1) is 0 Å². The van der Waals surface area contributed by atoms with Crippen molar-refractivity contribution in [3.63, 3.8) is 0 Å². The largest absolute Gasteiger partial charge is 0.480 e. The van der Waals surface area contributed by atoms with Crippen LogP contribution in [0.3, 0.4) is 0 Å². The Balaban J connectivity index is 2.03. The molecule has 1 atom stereocenters. The molecule has 1 aromatic heterocycles. The summed E-state index contributed by atoms with van der Waals surface area (Å²) in [6, 6.07) is 7.66. The maximum atomic E-state index is 12.3. The van der Waals surface area contributed by atoms with E-state index in [1.54, 1.807) is 0 Å². The summed E-state index contributed by atoms with van der Waals surface area (Å²) in [5.41, 5.74) is 1.01. The van der Waals surface area contributed by atoms with Crippen molar-refractivity contribution in [2.24, 2.45) is 0 Å². The number of carbonyl (C=O) groups is 1. The van der Waals surface area contributed by atoms with Gasteiger partial charge in [-0.25, -0.2) is 0 Å². The van der Waals surface area contributed by atoms with E-state index in [-0.39, 0.29) is 5.91 Å². The molecule has 0 aliphatic carbocycles. The highest BCUT2D eigenvalue weighted by Crippen LogP contribution is 2.20. The summed E-state index contributed by atoms with van der Waals surface area (Å²) in [5.74, 6) is 0.533. The third kappa shape index (κ3) is 4.01. The Morgan fingerprint density at radius 2 is 2.10 bits per heavy atom. The fourth-order valence-electron chi connectivity index (χ4n) is 1.80. The van der Waals surface area contributed by atoms with E-state index in [0.717, 1.165) is 22.7 Å². The van der Waals surface area contributed by atoms with Crippen LogP contribution in [0, 0.1) is 6.92 Å². The number of nitrogens with one attached hydrogen (secondary N) is 1. The molecule has 0 radical (unpaired) electrons. The predicted octanol–water partition coefficient (Wildman–Crippen LogP) is 3.21. The Bertz CT molecular complexity index is 612. The van der Waals surface area contributed by atoms with E-state index in [2.05, 4.69) is 15.5 Å². The molecule has 0 saturated heterocycles. The molecule has 21 heavy (non-hydrogen) atoms. The van der Waals surface area contributed by atoms with Crippen molar-refractivity contribution in [2.45, 2.75) is 39.7 Å². The summed E-state index contributed by atoms with van der Waals surface area (Å²) in [6.07, 6.45) is 0.851. The van der Waals surface area contributed by atoms with Gasteiger partial charge in [-0.15, -0.1) is 10.2 Å². The van der Waals surface area contributed by atoms with Crippen LogP contribution in [0.4, 0.5) is 5.13 Å². The van der Waals surface area contributed by atoms with Gasteiger partial charge < -0.3 is 4.74 Å². The molecule has 1 amide bonds. The minimum Gasteiger partial charge on any atom is -0.480 e. The van der Waals surface area contributed by atoms with Crippen molar-refractivity contribution in [3.8, 4) is 5.75 Å². The molecular formula is C15H19N3O2S. The molecule has 112 valence electrons. The van der Waals surface area contributed by atoms with Crippen LogP contribution in [0.25, 0.3) is 0 Å². The smallest absolute Gasteiger partial charge is 0.267 e. The number of para-hydroxylation sites is 1. The van der Waals surface area contributed by atoms with Gasteiger partial charge in [0.2, 0.25) is 5.13 Å². The van der Waals surface area contributed by atoms with Crippen molar-refractivity contribution >= 4 is 22.4 Å². The van der Waals surface area contributed by atoms with Crippen molar-refractivity contribution in [1.82, 2.24) is 10.2 Å². The zero-order chi connectivity index (χ0) is 15.2. The van der Waals surface area contributed by atoms with E-state index in [4.69, 9.17) is 4.74 Å². The van der Waals surface area contributed by atoms with Crippen molar-refractivity contribution < 1.29 is 9.53 Å². The van der Waals surface area contributed by atoms with Crippen molar-refractivity contribution in [1.29, 1.82) is 0 Å². The minimum atomic E-state index is -0.542. The molecule has 6 heteroatoms. The highest BCUT2D eigenvalue weighted by Gasteiger charge is 2.20. The Kier molecular flexibility index (Phi) is 5.27. The summed E-state index contributed by atoms with van der Waals surface area (Å²) >= 11 is 1.39. The number of ether oxygens (including phenoxy) is 1. The fourth-order valence-corrected chi connectivity index (χ4v) is 2.48. The number of amides is 1. The number of carbonyl (C=O) groups excluding carboxylic acids is 1.